The first-order chi connectivity index (χ1) is 11.7. The molecule has 0 saturated heterocycles. The van der Waals surface area contributed by atoms with E-state index in [9.17, 15) is 9.59 Å². The van der Waals surface area contributed by atoms with Crippen LogP contribution in [0.2, 0.25) is 0 Å². The van der Waals surface area contributed by atoms with Crippen LogP contribution in [-0.4, -0.2) is 24.9 Å². The van der Waals surface area contributed by atoms with Crippen molar-refractivity contribution in [2.45, 2.75) is 25.7 Å². The van der Waals surface area contributed by atoms with E-state index in [1.807, 2.05) is 60.7 Å². The largest absolute Gasteiger partial charge is 0.356 e. The SMILES string of the molecule is CC(=O)NCCCCNC(=O)C(c1ccccc1)c1ccccc1. The highest BCUT2D eigenvalue weighted by atomic mass is 16.2. The molecule has 126 valence electrons. The van der Waals surface area contributed by atoms with Gasteiger partial charge in [-0.1, -0.05) is 60.7 Å². The van der Waals surface area contributed by atoms with Crippen LogP contribution in [0.5, 0.6) is 0 Å². The van der Waals surface area contributed by atoms with E-state index in [0.29, 0.717) is 13.1 Å². The summed E-state index contributed by atoms with van der Waals surface area (Å²) in [4.78, 5) is 23.5. The van der Waals surface area contributed by atoms with Gasteiger partial charge in [-0.15, -0.1) is 0 Å². The van der Waals surface area contributed by atoms with Gasteiger partial charge in [-0.05, 0) is 24.0 Å². The number of carbonyl (C=O) groups is 2. The number of carbonyl (C=O) groups excluding carboxylic acids is 2. The molecule has 0 unspecified atom stereocenters. The average molecular weight is 324 g/mol. The Balaban J connectivity index is 1.95. The lowest BCUT2D eigenvalue weighted by Gasteiger charge is -2.18. The molecule has 0 atom stereocenters. The molecule has 0 saturated carbocycles. The molecule has 0 bridgehead atoms. The van der Waals surface area contributed by atoms with Crippen molar-refractivity contribution < 1.29 is 9.59 Å². The van der Waals surface area contributed by atoms with Gasteiger partial charge in [-0.3, -0.25) is 9.59 Å². The molecule has 0 aromatic heterocycles. The second-order valence-electron chi connectivity index (χ2n) is 5.74. The summed E-state index contributed by atoms with van der Waals surface area (Å²) < 4.78 is 0. The van der Waals surface area contributed by atoms with Crippen LogP contribution in [0, 0.1) is 0 Å². The highest BCUT2D eigenvalue weighted by Crippen LogP contribution is 2.24. The zero-order valence-corrected chi connectivity index (χ0v) is 14.0. The third-order valence-electron chi connectivity index (χ3n) is 3.80. The van der Waals surface area contributed by atoms with Gasteiger partial charge in [0.15, 0.2) is 0 Å². The van der Waals surface area contributed by atoms with Crippen LogP contribution in [0.1, 0.15) is 36.8 Å². The van der Waals surface area contributed by atoms with E-state index in [1.54, 1.807) is 0 Å². The predicted molar refractivity (Wildman–Crippen MR) is 95.7 cm³/mol. The zero-order chi connectivity index (χ0) is 17.2. The molecule has 0 radical (unpaired) electrons. The van der Waals surface area contributed by atoms with Gasteiger partial charge in [-0.2, -0.15) is 0 Å². The van der Waals surface area contributed by atoms with E-state index in [0.717, 1.165) is 24.0 Å². The molecule has 0 fully saturated rings. The molecule has 2 amide bonds. The summed E-state index contributed by atoms with van der Waals surface area (Å²) in [5, 5.41) is 5.77. The van der Waals surface area contributed by atoms with Gasteiger partial charge in [0, 0.05) is 20.0 Å². The van der Waals surface area contributed by atoms with Gasteiger partial charge < -0.3 is 10.6 Å². The smallest absolute Gasteiger partial charge is 0.232 e. The van der Waals surface area contributed by atoms with Crippen molar-refractivity contribution in [3.63, 3.8) is 0 Å². The molecular formula is C20H24N2O2. The number of amides is 2. The number of benzene rings is 2. The van der Waals surface area contributed by atoms with Gasteiger partial charge in [-0.25, -0.2) is 0 Å². The molecule has 4 nitrogen and oxygen atoms in total. The summed E-state index contributed by atoms with van der Waals surface area (Å²) >= 11 is 0. The first-order valence-electron chi connectivity index (χ1n) is 8.30. The fourth-order valence-corrected chi connectivity index (χ4v) is 2.61. The number of unbranched alkanes of at least 4 members (excludes halogenated alkanes) is 1. The monoisotopic (exact) mass is 324 g/mol. The van der Waals surface area contributed by atoms with Gasteiger partial charge in [0.2, 0.25) is 11.8 Å². The Labute approximate surface area is 143 Å². The number of hydrogen-bond acceptors (Lipinski definition) is 2. The standard InChI is InChI=1S/C20H24N2O2/c1-16(23)21-14-8-9-15-22-20(24)19(17-10-4-2-5-11-17)18-12-6-3-7-13-18/h2-7,10-13,19H,8-9,14-15H2,1H3,(H,21,23)(H,22,24). The number of nitrogens with one attached hydrogen (secondary N) is 2. The first-order valence-corrected chi connectivity index (χ1v) is 8.30. The summed E-state index contributed by atoms with van der Waals surface area (Å²) in [7, 11) is 0. The molecule has 0 aliphatic carbocycles. The van der Waals surface area contributed by atoms with Crippen molar-refractivity contribution in [1.82, 2.24) is 10.6 Å². The molecule has 4 heteroatoms. The number of hydrogen-bond donors (Lipinski definition) is 2. The van der Waals surface area contributed by atoms with Crippen molar-refractivity contribution >= 4 is 11.8 Å². The van der Waals surface area contributed by atoms with Crippen LogP contribution in [-0.2, 0) is 9.59 Å². The molecule has 0 aliphatic heterocycles. The summed E-state index contributed by atoms with van der Waals surface area (Å²) in [5.41, 5.74) is 1.97. The van der Waals surface area contributed by atoms with Crippen molar-refractivity contribution in [2.75, 3.05) is 13.1 Å². The molecular weight excluding hydrogens is 300 g/mol. The maximum Gasteiger partial charge on any atom is 0.232 e. The minimum atomic E-state index is -0.303. The molecule has 2 rings (SSSR count). The Morgan fingerprint density at radius 1 is 0.792 bits per heavy atom. The van der Waals surface area contributed by atoms with Crippen molar-refractivity contribution in [3.05, 3.63) is 71.8 Å². The van der Waals surface area contributed by atoms with Crippen LogP contribution in [0.25, 0.3) is 0 Å². The third-order valence-corrected chi connectivity index (χ3v) is 3.80. The van der Waals surface area contributed by atoms with Crippen LogP contribution < -0.4 is 10.6 Å². The summed E-state index contributed by atoms with van der Waals surface area (Å²) in [6.45, 7) is 2.76. The summed E-state index contributed by atoms with van der Waals surface area (Å²) in [6.07, 6.45) is 1.68. The lowest BCUT2D eigenvalue weighted by Crippen LogP contribution is -2.31. The predicted octanol–water partition coefficient (Wildman–Crippen LogP) is 2.85. The molecule has 2 aromatic carbocycles. The normalized spacial score (nSPS) is 10.4. The van der Waals surface area contributed by atoms with Crippen LogP contribution >= 0.6 is 0 Å². The van der Waals surface area contributed by atoms with E-state index in [2.05, 4.69) is 10.6 Å². The molecule has 0 heterocycles. The molecule has 2 N–H and O–H groups in total. The van der Waals surface area contributed by atoms with Crippen LogP contribution in [0.4, 0.5) is 0 Å². The fourth-order valence-electron chi connectivity index (χ4n) is 2.61. The maximum absolute atomic E-state index is 12.7. The van der Waals surface area contributed by atoms with Gasteiger partial charge in [0.25, 0.3) is 0 Å². The summed E-state index contributed by atoms with van der Waals surface area (Å²) in [5.74, 6) is -0.318. The van der Waals surface area contributed by atoms with E-state index in [4.69, 9.17) is 0 Å². The highest BCUT2D eigenvalue weighted by Gasteiger charge is 2.21. The summed E-state index contributed by atoms with van der Waals surface area (Å²) in [6, 6.07) is 19.6. The number of rotatable bonds is 8. The van der Waals surface area contributed by atoms with Crippen LogP contribution in [0.15, 0.2) is 60.7 Å². The highest BCUT2D eigenvalue weighted by molar-refractivity contribution is 5.87. The Morgan fingerprint density at radius 3 is 1.71 bits per heavy atom. The first kappa shape index (κ1) is 17.7. The second kappa shape index (κ2) is 9.50. The van der Waals surface area contributed by atoms with E-state index in [1.165, 1.54) is 6.92 Å². The molecule has 0 aliphatic rings. The minimum Gasteiger partial charge on any atom is -0.356 e. The van der Waals surface area contributed by atoms with Gasteiger partial charge >= 0.3 is 0 Å². The Morgan fingerprint density at radius 2 is 1.25 bits per heavy atom. The third kappa shape index (κ3) is 5.54. The zero-order valence-electron chi connectivity index (χ0n) is 14.0. The van der Waals surface area contributed by atoms with Crippen molar-refractivity contribution in [2.24, 2.45) is 0 Å². The van der Waals surface area contributed by atoms with Gasteiger partial charge in [0.05, 0.1) is 5.92 Å². The maximum atomic E-state index is 12.7. The second-order valence-corrected chi connectivity index (χ2v) is 5.74. The lowest BCUT2D eigenvalue weighted by molar-refractivity contribution is -0.122. The van der Waals surface area contributed by atoms with E-state index < -0.39 is 0 Å². The van der Waals surface area contributed by atoms with E-state index >= 15 is 0 Å². The quantitative estimate of drug-likeness (QED) is 0.734. The average Bonchev–Trinajstić information content (AvgIpc) is 2.60. The minimum absolute atomic E-state index is 0.00641. The lowest BCUT2D eigenvalue weighted by atomic mass is 9.90. The van der Waals surface area contributed by atoms with Gasteiger partial charge in [0.1, 0.15) is 0 Å². The Hall–Kier alpha value is -2.62. The molecule has 2 aromatic rings. The van der Waals surface area contributed by atoms with Crippen molar-refractivity contribution in [1.29, 1.82) is 0 Å². The van der Waals surface area contributed by atoms with Crippen LogP contribution in [0.3, 0.4) is 0 Å². The molecule has 24 heavy (non-hydrogen) atoms. The Bertz CT molecular complexity index is 602. The molecule has 0 spiro atoms. The topological polar surface area (TPSA) is 58.2 Å². The Kier molecular flexibility index (Phi) is 7.02. The fraction of sp³-hybridized carbons (Fsp3) is 0.300. The van der Waals surface area contributed by atoms with Crippen molar-refractivity contribution in [3.8, 4) is 0 Å². The van der Waals surface area contributed by atoms with E-state index in [-0.39, 0.29) is 17.7 Å².